The largest absolute Gasteiger partial charge is 0.353 e. The minimum Gasteiger partial charge on any atom is -0.353 e. The van der Waals surface area contributed by atoms with E-state index in [4.69, 9.17) is 4.74 Å². The van der Waals surface area contributed by atoms with Crippen molar-refractivity contribution in [3.8, 4) is 0 Å². The van der Waals surface area contributed by atoms with Gasteiger partial charge in [0.2, 0.25) is 6.41 Å². The Kier molecular flexibility index (Phi) is 3.36. The molecular weight excluding hydrogens is 130 g/mol. The van der Waals surface area contributed by atoms with Gasteiger partial charge in [0.25, 0.3) is 0 Å². The predicted molar refractivity (Wildman–Crippen MR) is 39.2 cm³/mol. The normalized spacial score (nSPS) is 14.4. The number of carbonyl (C=O) groups excluding carboxylic acids is 1. The predicted octanol–water partition coefficient (Wildman–Crippen LogP) is 0.708. The van der Waals surface area contributed by atoms with E-state index in [1.807, 2.05) is 20.8 Å². The second-order valence-electron chi connectivity index (χ2n) is 3.00. The molecule has 0 rings (SSSR count). The Morgan fingerprint density at radius 3 is 2.40 bits per heavy atom. The second kappa shape index (κ2) is 3.56. The van der Waals surface area contributed by atoms with Gasteiger partial charge in [-0.2, -0.15) is 0 Å². The van der Waals surface area contributed by atoms with Crippen LogP contribution in [0.2, 0.25) is 0 Å². The molecule has 0 aliphatic heterocycles. The molecule has 1 atom stereocenters. The highest BCUT2D eigenvalue weighted by molar-refractivity contribution is 5.46. The summed E-state index contributed by atoms with van der Waals surface area (Å²) < 4.78 is 5.22. The first-order valence-corrected chi connectivity index (χ1v) is 3.16. The lowest BCUT2D eigenvalue weighted by Gasteiger charge is -2.23. The summed E-state index contributed by atoms with van der Waals surface area (Å²) in [6, 6.07) is 0. The van der Waals surface area contributed by atoms with Crippen LogP contribution in [0.5, 0.6) is 0 Å². The lowest BCUT2D eigenvalue weighted by molar-refractivity contribution is -0.116. The Labute approximate surface area is 61.8 Å². The third kappa shape index (κ3) is 5.56. The Hall–Kier alpha value is -0.570. The molecule has 0 bridgehead atoms. The van der Waals surface area contributed by atoms with E-state index in [9.17, 15) is 4.79 Å². The van der Waals surface area contributed by atoms with Crippen LogP contribution in [0.3, 0.4) is 0 Å². The minimum absolute atomic E-state index is 0.261. The van der Waals surface area contributed by atoms with Crippen LogP contribution in [-0.4, -0.2) is 18.2 Å². The lowest BCUT2D eigenvalue weighted by Crippen LogP contribution is -2.35. The van der Waals surface area contributed by atoms with Gasteiger partial charge in [0.1, 0.15) is 6.23 Å². The smallest absolute Gasteiger partial charge is 0.209 e. The van der Waals surface area contributed by atoms with Gasteiger partial charge in [0, 0.05) is 0 Å². The minimum atomic E-state index is -0.461. The monoisotopic (exact) mass is 144 g/mol. The molecule has 0 aliphatic rings. The molecule has 59 valence electrons. The molecule has 1 N–H and O–H groups in total. The zero-order chi connectivity index (χ0) is 8.20. The highest BCUT2D eigenvalue weighted by Crippen LogP contribution is 2.07. The Morgan fingerprint density at radius 2 is 2.10 bits per heavy atom. The van der Waals surface area contributed by atoms with Gasteiger partial charge >= 0.3 is 0 Å². The first-order chi connectivity index (χ1) is 4.45. The summed E-state index contributed by atoms with van der Waals surface area (Å²) in [5.74, 6) is 0. The summed E-state index contributed by atoms with van der Waals surface area (Å²) in [4.78, 5) is 9.87. The van der Waals surface area contributed by atoms with Crippen LogP contribution < -0.4 is 5.32 Å². The quantitative estimate of drug-likeness (QED) is 0.468. The SMILES string of the molecule is [CH2]C(NC=O)OC(C)(C)C. The van der Waals surface area contributed by atoms with Crippen LogP contribution >= 0.6 is 0 Å². The molecule has 1 radical (unpaired) electrons. The summed E-state index contributed by atoms with van der Waals surface area (Å²) >= 11 is 0. The molecule has 0 aliphatic carbocycles. The van der Waals surface area contributed by atoms with E-state index in [2.05, 4.69) is 12.2 Å². The van der Waals surface area contributed by atoms with Crippen molar-refractivity contribution in [1.29, 1.82) is 0 Å². The third-order valence-corrected chi connectivity index (χ3v) is 0.750. The molecule has 1 unspecified atom stereocenters. The van der Waals surface area contributed by atoms with Crippen LogP contribution in [0.4, 0.5) is 0 Å². The third-order valence-electron chi connectivity index (χ3n) is 0.750. The van der Waals surface area contributed by atoms with E-state index < -0.39 is 6.23 Å². The van der Waals surface area contributed by atoms with Gasteiger partial charge in [0.05, 0.1) is 5.60 Å². The van der Waals surface area contributed by atoms with Crippen molar-refractivity contribution in [2.75, 3.05) is 0 Å². The van der Waals surface area contributed by atoms with E-state index in [-0.39, 0.29) is 5.60 Å². The number of hydrogen-bond donors (Lipinski definition) is 1. The molecule has 0 saturated carbocycles. The summed E-state index contributed by atoms with van der Waals surface area (Å²) in [5.41, 5.74) is -0.261. The fourth-order valence-corrected chi connectivity index (χ4v) is 0.537. The number of ether oxygens (including phenoxy) is 1. The first-order valence-electron chi connectivity index (χ1n) is 3.16. The number of carbonyl (C=O) groups is 1. The average Bonchev–Trinajstić information content (AvgIpc) is 1.59. The molecule has 0 aromatic heterocycles. The van der Waals surface area contributed by atoms with Gasteiger partial charge in [0.15, 0.2) is 0 Å². The number of nitrogens with one attached hydrogen (secondary N) is 1. The van der Waals surface area contributed by atoms with Crippen molar-refractivity contribution in [1.82, 2.24) is 5.32 Å². The Balaban J connectivity index is 3.56. The van der Waals surface area contributed by atoms with Gasteiger partial charge in [-0.05, 0) is 27.7 Å². The zero-order valence-electron chi connectivity index (χ0n) is 6.68. The average molecular weight is 144 g/mol. The van der Waals surface area contributed by atoms with Crippen molar-refractivity contribution >= 4 is 6.41 Å². The number of hydrogen-bond acceptors (Lipinski definition) is 2. The summed E-state index contributed by atoms with van der Waals surface area (Å²) in [7, 11) is 0. The first kappa shape index (κ1) is 9.43. The van der Waals surface area contributed by atoms with E-state index in [0.717, 1.165) is 0 Å². The van der Waals surface area contributed by atoms with Crippen LogP contribution in [0.25, 0.3) is 0 Å². The molecule has 10 heavy (non-hydrogen) atoms. The van der Waals surface area contributed by atoms with E-state index in [1.54, 1.807) is 0 Å². The fraction of sp³-hybridized carbons (Fsp3) is 0.714. The molecule has 0 heterocycles. The highest BCUT2D eigenvalue weighted by Gasteiger charge is 2.13. The molecule has 0 spiro atoms. The molecule has 1 amide bonds. The van der Waals surface area contributed by atoms with Gasteiger partial charge in [-0.25, -0.2) is 0 Å². The molecule has 0 fully saturated rings. The zero-order valence-corrected chi connectivity index (χ0v) is 6.68. The van der Waals surface area contributed by atoms with Crippen LogP contribution in [0.15, 0.2) is 0 Å². The Morgan fingerprint density at radius 1 is 1.60 bits per heavy atom. The maximum atomic E-state index is 9.87. The summed E-state index contributed by atoms with van der Waals surface area (Å²) in [6.45, 7) is 9.25. The second-order valence-corrected chi connectivity index (χ2v) is 3.00. The standard InChI is InChI=1S/C7H14NO2/c1-6(8-5-9)10-7(2,3)4/h5-6H,1H2,2-4H3,(H,8,9). The molecule has 0 saturated heterocycles. The molecule has 3 nitrogen and oxygen atoms in total. The molecule has 3 heteroatoms. The lowest BCUT2D eigenvalue weighted by atomic mass is 10.2. The van der Waals surface area contributed by atoms with Gasteiger partial charge in [-0.3, -0.25) is 4.79 Å². The van der Waals surface area contributed by atoms with Gasteiger partial charge in [-0.1, -0.05) is 0 Å². The molecule has 0 aromatic carbocycles. The van der Waals surface area contributed by atoms with Crippen LogP contribution in [0.1, 0.15) is 20.8 Å². The number of amides is 1. The van der Waals surface area contributed by atoms with E-state index >= 15 is 0 Å². The van der Waals surface area contributed by atoms with E-state index in [1.165, 1.54) is 0 Å². The van der Waals surface area contributed by atoms with Crippen molar-refractivity contribution in [2.24, 2.45) is 0 Å². The highest BCUT2D eigenvalue weighted by atomic mass is 16.5. The number of rotatable bonds is 3. The maximum Gasteiger partial charge on any atom is 0.209 e. The van der Waals surface area contributed by atoms with E-state index in [0.29, 0.717) is 6.41 Å². The van der Waals surface area contributed by atoms with Gasteiger partial charge < -0.3 is 10.1 Å². The van der Waals surface area contributed by atoms with Crippen molar-refractivity contribution in [2.45, 2.75) is 32.6 Å². The molecular formula is C7H14NO2. The fourth-order valence-electron chi connectivity index (χ4n) is 0.537. The van der Waals surface area contributed by atoms with Crippen LogP contribution in [-0.2, 0) is 9.53 Å². The Bertz CT molecular complexity index is 107. The maximum absolute atomic E-state index is 9.87. The summed E-state index contributed by atoms with van der Waals surface area (Å²) in [6.07, 6.45) is 0.112. The van der Waals surface area contributed by atoms with Crippen molar-refractivity contribution in [3.05, 3.63) is 6.92 Å². The van der Waals surface area contributed by atoms with Crippen molar-refractivity contribution in [3.63, 3.8) is 0 Å². The van der Waals surface area contributed by atoms with Gasteiger partial charge in [-0.15, -0.1) is 0 Å². The molecule has 0 aromatic rings. The topological polar surface area (TPSA) is 38.3 Å². The summed E-state index contributed by atoms with van der Waals surface area (Å²) in [5, 5.41) is 2.39. The van der Waals surface area contributed by atoms with Crippen LogP contribution in [0, 0.1) is 6.92 Å². The van der Waals surface area contributed by atoms with Crippen molar-refractivity contribution < 1.29 is 9.53 Å².